The maximum absolute atomic E-state index is 4.96. The van der Waals surface area contributed by atoms with Gasteiger partial charge in [0.2, 0.25) is 0 Å². The van der Waals surface area contributed by atoms with E-state index < -0.39 is 0 Å². The molecular formula is C24H38N2. The molecule has 26 heavy (non-hydrogen) atoms. The fourth-order valence-corrected chi connectivity index (χ4v) is 3.60. The van der Waals surface area contributed by atoms with Gasteiger partial charge in [0.15, 0.2) is 0 Å². The van der Waals surface area contributed by atoms with Gasteiger partial charge in [0.25, 0.3) is 0 Å². The molecule has 0 aliphatic heterocycles. The second-order valence-corrected chi connectivity index (χ2v) is 8.09. The molecule has 2 heteroatoms. The zero-order valence-corrected chi connectivity index (χ0v) is 17.3. The van der Waals surface area contributed by atoms with Crippen LogP contribution in [-0.2, 0) is 0 Å². The monoisotopic (exact) mass is 354 g/mol. The lowest BCUT2D eigenvalue weighted by Gasteiger charge is -2.29. The summed E-state index contributed by atoms with van der Waals surface area (Å²) in [6, 6.07) is 0.726. The van der Waals surface area contributed by atoms with E-state index in [9.17, 15) is 0 Å². The van der Waals surface area contributed by atoms with Crippen molar-refractivity contribution in [2.75, 3.05) is 0 Å². The minimum absolute atomic E-state index is 0.0996. The summed E-state index contributed by atoms with van der Waals surface area (Å²) in [4.78, 5) is 9.40. The smallest absolute Gasteiger partial charge is 0.0558 e. The first-order valence-corrected chi connectivity index (χ1v) is 10.0. The van der Waals surface area contributed by atoms with Crippen LogP contribution in [-0.4, -0.2) is 25.0 Å². The zero-order valence-electron chi connectivity index (χ0n) is 17.3. The second-order valence-electron chi connectivity index (χ2n) is 8.09. The molecule has 144 valence electrons. The van der Waals surface area contributed by atoms with Crippen molar-refractivity contribution < 1.29 is 0 Å². The Kier molecular flexibility index (Phi) is 10.2. The Balaban J connectivity index is 2.68. The quantitative estimate of drug-likeness (QED) is 0.340. The molecule has 3 unspecified atom stereocenters. The first-order chi connectivity index (χ1) is 12.4. The van der Waals surface area contributed by atoms with Crippen LogP contribution in [0.15, 0.2) is 58.6 Å². The van der Waals surface area contributed by atoms with Gasteiger partial charge in [-0.1, -0.05) is 68.9 Å². The van der Waals surface area contributed by atoms with E-state index in [0.29, 0.717) is 18.0 Å². The number of nitrogens with zero attached hydrogens (tertiary/aromatic N) is 2. The van der Waals surface area contributed by atoms with Crippen LogP contribution in [0.1, 0.15) is 66.2 Å². The van der Waals surface area contributed by atoms with E-state index in [1.165, 1.54) is 24.8 Å². The standard InChI is InChI=1S/C24H38N2/c1-7-9-10-11-18-24(4,5)19-26-21-14-12-15-22(20(3)13-8-2)23(25-6)17-16-21/h7-11,13,19,21-23H,2,6,12,14-18H2,1,3-5H3/b9-7-,11-10-,20-13+,26-19?. The molecule has 1 saturated carbocycles. The maximum atomic E-state index is 4.96. The Morgan fingerprint density at radius 3 is 2.58 bits per heavy atom. The van der Waals surface area contributed by atoms with E-state index in [1.807, 2.05) is 13.0 Å². The predicted molar refractivity (Wildman–Crippen MR) is 118 cm³/mol. The molecule has 0 bridgehead atoms. The third kappa shape index (κ3) is 8.12. The van der Waals surface area contributed by atoms with Crippen LogP contribution in [0.25, 0.3) is 0 Å². The normalized spacial score (nSPS) is 26.3. The molecule has 0 spiro atoms. The van der Waals surface area contributed by atoms with Crippen molar-refractivity contribution in [1.29, 1.82) is 0 Å². The minimum Gasteiger partial charge on any atom is -0.297 e. The Labute approximate surface area is 161 Å². The van der Waals surface area contributed by atoms with Crippen molar-refractivity contribution in [2.24, 2.45) is 21.3 Å². The Morgan fingerprint density at radius 1 is 1.15 bits per heavy atom. The van der Waals surface area contributed by atoms with E-state index in [-0.39, 0.29) is 5.41 Å². The zero-order chi connectivity index (χ0) is 19.4. The van der Waals surface area contributed by atoms with Gasteiger partial charge >= 0.3 is 0 Å². The maximum Gasteiger partial charge on any atom is 0.0558 e. The largest absolute Gasteiger partial charge is 0.297 e. The van der Waals surface area contributed by atoms with Crippen LogP contribution in [0.2, 0.25) is 0 Å². The number of allylic oxidation sites excluding steroid dienone is 6. The lowest BCUT2D eigenvalue weighted by Crippen LogP contribution is -2.25. The highest BCUT2D eigenvalue weighted by Crippen LogP contribution is 2.31. The van der Waals surface area contributed by atoms with E-state index in [4.69, 9.17) is 4.99 Å². The third-order valence-electron chi connectivity index (χ3n) is 5.23. The summed E-state index contributed by atoms with van der Waals surface area (Å²) in [7, 11) is 0. The molecular weight excluding hydrogens is 316 g/mol. The predicted octanol–water partition coefficient (Wildman–Crippen LogP) is 6.76. The van der Waals surface area contributed by atoms with Crippen LogP contribution in [0, 0.1) is 11.3 Å². The molecule has 2 nitrogen and oxygen atoms in total. The summed E-state index contributed by atoms with van der Waals surface area (Å²) in [5.41, 5.74) is 1.48. The summed E-state index contributed by atoms with van der Waals surface area (Å²) < 4.78 is 0. The average Bonchev–Trinajstić information content (AvgIpc) is 2.58. The molecule has 0 radical (unpaired) electrons. The van der Waals surface area contributed by atoms with Gasteiger partial charge in [0, 0.05) is 23.6 Å². The highest BCUT2D eigenvalue weighted by molar-refractivity contribution is 5.65. The molecule has 1 fully saturated rings. The molecule has 0 aromatic rings. The Hall–Kier alpha value is -1.70. The van der Waals surface area contributed by atoms with Crippen molar-refractivity contribution >= 4 is 12.9 Å². The van der Waals surface area contributed by atoms with Crippen molar-refractivity contribution in [1.82, 2.24) is 0 Å². The first kappa shape index (κ1) is 22.3. The molecule has 0 aromatic heterocycles. The summed E-state index contributed by atoms with van der Waals surface area (Å²) >= 11 is 0. The number of hydrogen-bond donors (Lipinski definition) is 0. The van der Waals surface area contributed by atoms with Crippen molar-refractivity contribution in [3.05, 3.63) is 48.6 Å². The molecule has 1 aliphatic rings. The second kappa shape index (κ2) is 11.8. The molecule has 0 saturated heterocycles. The van der Waals surface area contributed by atoms with Gasteiger partial charge in [-0.3, -0.25) is 9.98 Å². The van der Waals surface area contributed by atoms with Gasteiger partial charge in [-0.25, -0.2) is 0 Å². The summed E-state index contributed by atoms with van der Waals surface area (Å²) in [5.74, 6) is 0.503. The highest BCUT2D eigenvalue weighted by Gasteiger charge is 2.25. The van der Waals surface area contributed by atoms with Gasteiger partial charge in [0.05, 0.1) is 6.04 Å². The van der Waals surface area contributed by atoms with Crippen LogP contribution in [0.3, 0.4) is 0 Å². The average molecular weight is 355 g/mol. The summed E-state index contributed by atoms with van der Waals surface area (Å²) in [6.45, 7) is 16.4. The minimum atomic E-state index is 0.0996. The Bertz CT molecular complexity index is 549. The van der Waals surface area contributed by atoms with E-state index in [2.05, 4.69) is 75.7 Å². The first-order valence-electron chi connectivity index (χ1n) is 10.0. The topological polar surface area (TPSA) is 24.7 Å². The van der Waals surface area contributed by atoms with Crippen molar-refractivity contribution in [2.45, 2.75) is 78.3 Å². The van der Waals surface area contributed by atoms with E-state index in [0.717, 1.165) is 19.3 Å². The molecule has 0 amide bonds. The number of hydrogen-bond acceptors (Lipinski definition) is 2. The Morgan fingerprint density at radius 2 is 1.92 bits per heavy atom. The SMILES string of the molecule is C=C/C=C(\C)C1CCCC(N=CC(C)(C)C/C=C\C=C/C)CCC1N=C. The van der Waals surface area contributed by atoms with Gasteiger partial charge in [-0.15, -0.1) is 0 Å². The molecule has 0 N–H and O–H groups in total. The van der Waals surface area contributed by atoms with Crippen LogP contribution in [0.5, 0.6) is 0 Å². The van der Waals surface area contributed by atoms with Crippen molar-refractivity contribution in [3.8, 4) is 0 Å². The van der Waals surface area contributed by atoms with Crippen LogP contribution in [0.4, 0.5) is 0 Å². The van der Waals surface area contributed by atoms with Crippen molar-refractivity contribution in [3.63, 3.8) is 0 Å². The highest BCUT2D eigenvalue weighted by atomic mass is 14.8. The lowest BCUT2D eigenvalue weighted by molar-refractivity contribution is 0.350. The van der Waals surface area contributed by atoms with E-state index in [1.54, 1.807) is 0 Å². The number of rotatable bonds is 8. The van der Waals surface area contributed by atoms with Gasteiger partial charge in [-0.05, 0) is 52.7 Å². The lowest BCUT2D eigenvalue weighted by atomic mass is 9.81. The van der Waals surface area contributed by atoms with Crippen LogP contribution < -0.4 is 0 Å². The molecule has 0 aromatic carbocycles. The van der Waals surface area contributed by atoms with Gasteiger partial charge < -0.3 is 0 Å². The van der Waals surface area contributed by atoms with Crippen LogP contribution >= 0.6 is 0 Å². The third-order valence-corrected chi connectivity index (χ3v) is 5.23. The van der Waals surface area contributed by atoms with E-state index >= 15 is 0 Å². The molecule has 0 heterocycles. The molecule has 1 aliphatic carbocycles. The van der Waals surface area contributed by atoms with Gasteiger partial charge in [-0.2, -0.15) is 0 Å². The fourth-order valence-electron chi connectivity index (χ4n) is 3.60. The summed E-state index contributed by atoms with van der Waals surface area (Å²) in [5, 5.41) is 0. The summed E-state index contributed by atoms with van der Waals surface area (Å²) in [6.07, 6.45) is 21.4. The number of aliphatic imine (C=N–C) groups is 2. The van der Waals surface area contributed by atoms with Gasteiger partial charge in [0.1, 0.15) is 0 Å². The molecule has 3 atom stereocenters. The molecule has 1 rings (SSSR count). The fraction of sp³-hybridized carbons (Fsp3) is 0.583.